The second-order valence-corrected chi connectivity index (χ2v) is 5.93. The van der Waals surface area contributed by atoms with Crippen LogP contribution in [-0.4, -0.2) is 67.8 Å². The Balaban J connectivity index is 0.00000156. The normalized spacial score (nSPS) is 22.8. The van der Waals surface area contributed by atoms with Gasteiger partial charge in [0.2, 0.25) is 0 Å². The molecule has 0 unspecified atom stereocenters. The van der Waals surface area contributed by atoms with Crippen LogP contribution in [0.1, 0.15) is 12.8 Å². The fraction of sp³-hybridized carbons (Fsp3) is 0.625. The molecule has 1 aromatic heterocycles. The molecule has 1 aromatic rings. The number of hydrogen-bond acceptors (Lipinski definition) is 6. The van der Waals surface area contributed by atoms with Crippen molar-refractivity contribution in [2.75, 3.05) is 44.7 Å². The average Bonchev–Trinajstić information content (AvgIpc) is 3.10. The SMILES string of the molecule is COc1ccnc(N2CCN(C(=O)[C@@H]3CC[C@H](CN)O3)CC2)c1.Cl.Cl. The van der Waals surface area contributed by atoms with Gasteiger partial charge in [0, 0.05) is 45.0 Å². The molecule has 0 aromatic carbocycles. The van der Waals surface area contributed by atoms with Gasteiger partial charge in [-0.25, -0.2) is 4.98 Å². The maximum atomic E-state index is 12.5. The number of hydrogen-bond donors (Lipinski definition) is 1. The van der Waals surface area contributed by atoms with Crippen LogP contribution >= 0.6 is 24.8 Å². The highest BCUT2D eigenvalue weighted by Crippen LogP contribution is 2.23. The van der Waals surface area contributed by atoms with Gasteiger partial charge in [0.25, 0.3) is 5.91 Å². The summed E-state index contributed by atoms with van der Waals surface area (Å²) in [7, 11) is 1.64. The van der Waals surface area contributed by atoms with Crippen LogP contribution in [0.2, 0.25) is 0 Å². The van der Waals surface area contributed by atoms with Crippen LogP contribution in [0.15, 0.2) is 18.3 Å². The van der Waals surface area contributed by atoms with Gasteiger partial charge in [-0.1, -0.05) is 0 Å². The van der Waals surface area contributed by atoms with E-state index >= 15 is 0 Å². The Labute approximate surface area is 160 Å². The molecule has 142 valence electrons. The molecule has 3 heterocycles. The number of methoxy groups -OCH3 is 1. The molecule has 0 saturated carbocycles. The van der Waals surface area contributed by atoms with Crippen molar-refractivity contribution in [3.8, 4) is 5.75 Å². The Kier molecular flexibility index (Phi) is 8.71. The Morgan fingerprint density at radius 1 is 1.32 bits per heavy atom. The third-order valence-corrected chi connectivity index (χ3v) is 4.51. The van der Waals surface area contributed by atoms with Crippen LogP contribution in [0, 0.1) is 0 Å². The van der Waals surface area contributed by atoms with E-state index < -0.39 is 0 Å². The van der Waals surface area contributed by atoms with Crippen molar-refractivity contribution in [1.82, 2.24) is 9.88 Å². The summed E-state index contributed by atoms with van der Waals surface area (Å²) in [5.74, 6) is 1.77. The summed E-state index contributed by atoms with van der Waals surface area (Å²) in [6, 6.07) is 3.75. The second kappa shape index (κ2) is 10.0. The molecule has 0 aliphatic carbocycles. The van der Waals surface area contributed by atoms with Gasteiger partial charge in [-0.3, -0.25) is 4.79 Å². The lowest BCUT2D eigenvalue weighted by Gasteiger charge is -2.36. The quantitative estimate of drug-likeness (QED) is 0.825. The average molecular weight is 393 g/mol. The molecule has 0 spiro atoms. The van der Waals surface area contributed by atoms with Gasteiger partial charge < -0.3 is 25.0 Å². The number of aromatic nitrogens is 1. The summed E-state index contributed by atoms with van der Waals surface area (Å²) in [6.07, 6.45) is 3.11. The molecule has 2 aliphatic rings. The van der Waals surface area contributed by atoms with Gasteiger partial charge in [0.1, 0.15) is 17.7 Å². The first-order valence-electron chi connectivity index (χ1n) is 8.10. The van der Waals surface area contributed by atoms with Crippen LogP contribution in [0.5, 0.6) is 5.75 Å². The molecule has 2 fully saturated rings. The number of carbonyl (C=O) groups excluding carboxylic acids is 1. The van der Waals surface area contributed by atoms with Gasteiger partial charge in [0.05, 0.1) is 13.2 Å². The highest BCUT2D eigenvalue weighted by molar-refractivity contribution is 5.85. The third-order valence-electron chi connectivity index (χ3n) is 4.51. The Bertz CT molecular complexity index is 556. The summed E-state index contributed by atoms with van der Waals surface area (Å²) >= 11 is 0. The van der Waals surface area contributed by atoms with Crippen molar-refractivity contribution in [3.05, 3.63) is 18.3 Å². The third kappa shape index (κ3) is 5.10. The zero-order valence-electron chi connectivity index (χ0n) is 14.3. The van der Waals surface area contributed by atoms with E-state index in [-0.39, 0.29) is 42.9 Å². The molecule has 2 N–H and O–H groups in total. The summed E-state index contributed by atoms with van der Waals surface area (Å²) in [6.45, 7) is 3.38. The Morgan fingerprint density at radius 2 is 2.04 bits per heavy atom. The van der Waals surface area contributed by atoms with Gasteiger partial charge in [-0.2, -0.15) is 0 Å². The summed E-state index contributed by atoms with van der Waals surface area (Å²) in [5, 5.41) is 0. The fourth-order valence-electron chi connectivity index (χ4n) is 3.12. The minimum atomic E-state index is -0.315. The highest BCUT2D eigenvalue weighted by Gasteiger charge is 2.34. The lowest BCUT2D eigenvalue weighted by Crippen LogP contribution is -2.51. The number of rotatable bonds is 4. The smallest absolute Gasteiger partial charge is 0.251 e. The standard InChI is InChI=1S/C16H24N4O3.2ClH/c1-22-12-4-5-18-15(10-12)19-6-8-20(9-7-19)16(21)14-3-2-13(11-17)23-14;;/h4-5,10,13-14H,2-3,6-9,11,17H2,1H3;2*1H/t13-,14+;;/m1../s1. The molecule has 2 aliphatic heterocycles. The van der Waals surface area contributed by atoms with E-state index in [1.54, 1.807) is 13.3 Å². The Hall–Kier alpha value is -1.28. The molecule has 2 atom stereocenters. The topological polar surface area (TPSA) is 80.9 Å². The van der Waals surface area contributed by atoms with Gasteiger partial charge in [0.15, 0.2) is 0 Å². The molecule has 2 saturated heterocycles. The summed E-state index contributed by atoms with van der Waals surface area (Å²) in [4.78, 5) is 21.0. The van der Waals surface area contributed by atoms with E-state index in [9.17, 15) is 4.79 Å². The van der Waals surface area contributed by atoms with Crippen LogP contribution in [0.4, 0.5) is 5.82 Å². The molecule has 0 bridgehead atoms. The number of nitrogens with zero attached hydrogens (tertiary/aromatic N) is 3. The van der Waals surface area contributed by atoms with E-state index in [2.05, 4.69) is 9.88 Å². The van der Waals surface area contributed by atoms with Crippen LogP contribution < -0.4 is 15.4 Å². The van der Waals surface area contributed by atoms with E-state index in [1.807, 2.05) is 17.0 Å². The molecule has 7 nitrogen and oxygen atoms in total. The van der Waals surface area contributed by atoms with Crippen molar-refractivity contribution in [2.24, 2.45) is 5.73 Å². The van der Waals surface area contributed by atoms with Crippen LogP contribution in [-0.2, 0) is 9.53 Å². The van der Waals surface area contributed by atoms with Crippen molar-refractivity contribution >= 4 is 36.5 Å². The maximum absolute atomic E-state index is 12.5. The van der Waals surface area contributed by atoms with Gasteiger partial charge in [-0.05, 0) is 18.9 Å². The Morgan fingerprint density at radius 3 is 2.64 bits per heavy atom. The lowest BCUT2D eigenvalue weighted by molar-refractivity contribution is -0.143. The summed E-state index contributed by atoms with van der Waals surface area (Å²) in [5.41, 5.74) is 5.61. The zero-order valence-corrected chi connectivity index (χ0v) is 15.9. The van der Waals surface area contributed by atoms with Gasteiger partial charge in [-0.15, -0.1) is 24.8 Å². The second-order valence-electron chi connectivity index (χ2n) is 5.93. The maximum Gasteiger partial charge on any atom is 0.251 e. The van der Waals surface area contributed by atoms with E-state index in [1.165, 1.54) is 0 Å². The van der Waals surface area contributed by atoms with Crippen molar-refractivity contribution in [3.63, 3.8) is 0 Å². The number of pyridine rings is 1. The number of amides is 1. The van der Waals surface area contributed by atoms with Crippen LogP contribution in [0.3, 0.4) is 0 Å². The predicted molar refractivity (Wildman–Crippen MR) is 101 cm³/mol. The van der Waals surface area contributed by atoms with E-state index in [0.29, 0.717) is 19.6 Å². The lowest BCUT2D eigenvalue weighted by atomic mass is 10.1. The summed E-state index contributed by atoms with van der Waals surface area (Å²) < 4.78 is 10.9. The monoisotopic (exact) mass is 392 g/mol. The first kappa shape index (κ1) is 21.8. The van der Waals surface area contributed by atoms with Crippen molar-refractivity contribution in [1.29, 1.82) is 0 Å². The number of nitrogens with two attached hydrogens (primary N) is 1. The minimum absolute atomic E-state index is 0. The van der Waals surface area contributed by atoms with E-state index in [0.717, 1.165) is 37.5 Å². The van der Waals surface area contributed by atoms with E-state index in [4.69, 9.17) is 15.2 Å². The molecular weight excluding hydrogens is 367 g/mol. The minimum Gasteiger partial charge on any atom is -0.497 e. The highest BCUT2D eigenvalue weighted by atomic mass is 35.5. The van der Waals surface area contributed by atoms with Crippen molar-refractivity contribution < 1.29 is 14.3 Å². The molecule has 1 amide bonds. The molecule has 25 heavy (non-hydrogen) atoms. The molecule has 3 rings (SSSR count). The van der Waals surface area contributed by atoms with Crippen LogP contribution in [0.25, 0.3) is 0 Å². The number of halogens is 2. The number of piperazine rings is 1. The first-order valence-corrected chi connectivity index (χ1v) is 8.10. The number of carbonyl (C=O) groups is 1. The first-order chi connectivity index (χ1) is 11.2. The number of anilines is 1. The fourth-order valence-corrected chi connectivity index (χ4v) is 3.12. The molecule has 0 radical (unpaired) electrons. The van der Waals surface area contributed by atoms with Crippen molar-refractivity contribution in [2.45, 2.75) is 25.0 Å². The predicted octanol–water partition coefficient (Wildman–Crippen LogP) is 1.09. The van der Waals surface area contributed by atoms with Gasteiger partial charge >= 0.3 is 0 Å². The zero-order chi connectivity index (χ0) is 16.2. The number of ether oxygens (including phenoxy) is 2. The molecular formula is C16H26Cl2N4O3. The molecule has 9 heteroatoms. The largest absolute Gasteiger partial charge is 0.497 e.